The molecule has 2 heterocycles. The third-order valence-corrected chi connectivity index (χ3v) is 3.76. The molecular formula is C14H16N4O. The van der Waals surface area contributed by atoms with Gasteiger partial charge in [0, 0.05) is 6.61 Å². The number of nitrogens with zero attached hydrogens (tertiary/aromatic N) is 3. The zero-order valence-corrected chi connectivity index (χ0v) is 10.8. The third kappa shape index (κ3) is 1.94. The minimum absolute atomic E-state index is 0.126. The number of ether oxygens (including phenoxy) is 1. The molecular weight excluding hydrogens is 240 g/mol. The quantitative estimate of drug-likeness (QED) is 0.893. The highest BCUT2D eigenvalue weighted by molar-refractivity contribution is 5.80. The number of hydrogen-bond donors (Lipinski definition) is 1. The molecule has 1 saturated heterocycles. The number of hydrogen-bond acceptors (Lipinski definition) is 4. The lowest BCUT2D eigenvalue weighted by Crippen LogP contribution is -2.22. The van der Waals surface area contributed by atoms with Crippen molar-refractivity contribution in [3.8, 4) is 6.07 Å². The van der Waals surface area contributed by atoms with Gasteiger partial charge in [0.1, 0.15) is 0 Å². The van der Waals surface area contributed by atoms with Crippen LogP contribution in [0.4, 0.5) is 5.95 Å². The second kappa shape index (κ2) is 4.56. The molecule has 2 atom stereocenters. The summed E-state index contributed by atoms with van der Waals surface area (Å²) in [6.07, 6.45) is 2.30. The summed E-state index contributed by atoms with van der Waals surface area (Å²) in [6, 6.07) is 7.71. The van der Waals surface area contributed by atoms with Crippen molar-refractivity contribution in [1.82, 2.24) is 9.55 Å². The van der Waals surface area contributed by atoms with Crippen molar-refractivity contribution in [3.05, 3.63) is 23.8 Å². The van der Waals surface area contributed by atoms with Crippen molar-refractivity contribution in [3.63, 3.8) is 0 Å². The number of benzene rings is 1. The molecule has 2 aromatic rings. The number of aromatic nitrogens is 2. The second-order valence-corrected chi connectivity index (χ2v) is 4.95. The lowest BCUT2D eigenvalue weighted by molar-refractivity contribution is 0.0751. The van der Waals surface area contributed by atoms with Crippen LogP contribution in [0.3, 0.4) is 0 Å². The number of nitrogen functional groups attached to an aromatic ring is 1. The number of fused-ring (bicyclic) bond motifs is 1. The van der Waals surface area contributed by atoms with Gasteiger partial charge in [0.25, 0.3) is 0 Å². The molecule has 0 radical (unpaired) electrons. The van der Waals surface area contributed by atoms with E-state index >= 15 is 0 Å². The number of rotatable bonds is 2. The molecule has 1 aromatic heterocycles. The summed E-state index contributed by atoms with van der Waals surface area (Å²) in [7, 11) is 0. The van der Waals surface area contributed by atoms with Crippen LogP contribution in [-0.2, 0) is 4.74 Å². The molecule has 98 valence electrons. The Morgan fingerprint density at radius 3 is 3.11 bits per heavy atom. The van der Waals surface area contributed by atoms with Gasteiger partial charge in [-0.05, 0) is 38.0 Å². The fourth-order valence-corrected chi connectivity index (χ4v) is 2.76. The van der Waals surface area contributed by atoms with Gasteiger partial charge in [0.05, 0.1) is 34.8 Å². The summed E-state index contributed by atoms with van der Waals surface area (Å²) in [6.45, 7) is 2.90. The van der Waals surface area contributed by atoms with Crippen LogP contribution in [0.25, 0.3) is 11.0 Å². The van der Waals surface area contributed by atoms with Gasteiger partial charge < -0.3 is 15.0 Å². The fourth-order valence-electron chi connectivity index (χ4n) is 2.76. The molecule has 2 unspecified atom stereocenters. The van der Waals surface area contributed by atoms with E-state index in [1.807, 2.05) is 16.7 Å². The molecule has 19 heavy (non-hydrogen) atoms. The Balaban J connectivity index is 2.10. The van der Waals surface area contributed by atoms with E-state index in [2.05, 4.69) is 18.0 Å². The number of nitriles is 1. The van der Waals surface area contributed by atoms with Crippen molar-refractivity contribution in [1.29, 1.82) is 5.26 Å². The van der Waals surface area contributed by atoms with Gasteiger partial charge in [-0.1, -0.05) is 0 Å². The lowest BCUT2D eigenvalue weighted by atomic mass is 10.1. The van der Waals surface area contributed by atoms with Crippen molar-refractivity contribution in [2.75, 3.05) is 12.3 Å². The molecule has 2 N–H and O–H groups in total. The van der Waals surface area contributed by atoms with Gasteiger partial charge in [0.2, 0.25) is 5.95 Å². The van der Waals surface area contributed by atoms with Crippen LogP contribution in [-0.4, -0.2) is 22.3 Å². The Morgan fingerprint density at radius 2 is 2.42 bits per heavy atom. The van der Waals surface area contributed by atoms with Gasteiger partial charge in [-0.25, -0.2) is 4.98 Å². The second-order valence-electron chi connectivity index (χ2n) is 4.95. The van der Waals surface area contributed by atoms with Crippen molar-refractivity contribution in [2.45, 2.75) is 31.9 Å². The molecule has 0 amide bonds. The molecule has 5 heteroatoms. The maximum absolute atomic E-state index is 9.01. The summed E-state index contributed by atoms with van der Waals surface area (Å²) in [5, 5.41) is 9.01. The third-order valence-electron chi connectivity index (χ3n) is 3.76. The van der Waals surface area contributed by atoms with E-state index in [-0.39, 0.29) is 12.1 Å². The first-order valence-corrected chi connectivity index (χ1v) is 6.50. The van der Waals surface area contributed by atoms with E-state index < -0.39 is 0 Å². The van der Waals surface area contributed by atoms with E-state index in [9.17, 15) is 0 Å². The first-order valence-electron chi connectivity index (χ1n) is 6.50. The standard InChI is InChI=1S/C14H16N4O/c1-9(13-3-2-6-19-13)18-12-7-10(8-15)4-5-11(12)17-14(18)16/h4-5,7,9,13H,2-3,6H2,1H3,(H2,16,17). The molecule has 1 aliphatic rings. The highest BCUT2D eigenvalue weighted by Gasteiger charge is 2.26. The monoisotopic (exact) mass is 256 g/mol. The fraction of sp³-hybridized carbons (Fsp3) is 0.429. The first kappa shape index (κ1) is 12.0. The Labute approximate surface area is 111 Å². The van der Waals surface area contributed by atoms with Crippen LogP contribution in [0.5, 0.6) is 0 Å². The van der Waals surface area contributed by atoms with Gasteiger partial charge in [-0.2, -0.15) is 5.26 Å². The van der Waals surface area contributed by atoms with Crippen molar-refractivity contribution >= 4 is 17.0 Å². The van der Waals surface area contributed by atoms with Crippen molar-refractivity contribution in [2.24, 2.45) is 0 Å². The minimum Gasteiger partial charge on any atom is -0.376 e. The van der Waals surface area contributed by atoms with E-state index in [1.54, 1.807) is 6.07 Å². The molecule has 0 saturated carbocycles. The maximum atomic E-state index is 9.01. The highest BCUT2D eigenvalue weighted by Crippen LogP contribution is 2.30. The van der Waals surface area contributed by atoms with E-state index in [4.69, 9.17) is 15.7 Å². The zero-order valence-electron chi connectivity index (χ0n) is 10.8. The number of nitrogens with two attached hydrogens (primary N) is 1. The summed E-state index contributed by atoms with van der Waals surface area (Å²) in [4.78, 5) is 4.36. The summed E-state index contributed by atoms with van der Waals surface area (Å²) in [5.41, 5.74) is 8.37. The highest BCUT2D eigenvalue weighted by atomic mass is 16.5. The molecule has 1 aliphatic heterocycles. The van der Waals surface area contributed by atoms with Crippen LogP contribution in [0.2, 0.25) is 0 Å². The molecule has 1 fully saturated rings. The zero-order chi connectivity index (χ0) is 13.4. The van der Waals surface area contributed by atoms with Gasteiger partial charge in [-0.15, -0.1) is 0 Å². The van der Waals surface area contributed by atoms with Crippen LogP contribution < -0.4 is 5.73 Å². The molecule has 0 bridgehead atoms. The summed E-state index contributed by atoms with van der Waals surface area (Å²) in [5.74, 6) is 0.480. The van der Waals surface area contributed by atoms with Gasteiger partial charge >= 0.3 is 0 Å². The molecule has 5 nitrogen and oxygen atoms in total. The minimum atomic E-state index is 0.126. The smallest absolute Gasteiger partial charge is 0.201 e. The van der Waals surface area contributed by atoms with Crippen LogP contribution in [0.1, 0.15) is 31.4 Å². The van der Waals surface area contributed by atoms with E-state index in [0.29, 0.717) is 11.5 Å². The molecule has 0 aliphatic carbocycles. The predicted molar refractivity (Wildman–Crippen MR) is 72.5 cm³/mol. The Morgan fingerprint density at radius 1 is 1.58 bits per heavy atom. The lowest BCUT2D eigenvalue weighted by Gasteiger charge is -2.21. The summed E-state index contributed by atoms with van der Waals surface area (Å²) >= 11 is 0. The Kier molecular flexibility index (Phi) is 2.88. The maximum Gasteiger partial charge on any atom is 0.201 e. The average Bonchev–Trinajstić information content (AvgIpc) is 3.03. The number of anilines is 1. The average molecular weight is 256 g/mol. The van der Waals surface area contributed by atoms with Crippen LogP contribution in [0.15, 0.2) is 18.2 Å². The molecule has 0 spiro atoms. The van der Waals surface area contributed by atoms with E-state index in [0.717, 1.165) is 30.5 Å². The topological polar surface area (TPSA) is 76.9 Å². The normalized spacial score (nSPS) is 20.5. The van der Waals surface area contributed by atoms with Gasteiger partial charge in [0.15, 0.2) is 0 Å². The van der Waals surface area contributed by atoms with Crippen LogP contribution >= 0.6 is 0 Å². The number of imidazole rings is 1. The van der Waals surface area contributed by atoms with Crippen LogP contribution in [0, 0.1) is 11.3 Å². The van der Waals surface area contributed by atoms with Crippen molar-refractivity contribution < 1.29 is 4.74 Å². The van der Waals surface area contributed by atoms with Gasteiger partial charge in [-0.3, -0.25) is 0 Å². The predicted octanol–water partition coefficient (Wildman–Crippen LogP) is 2.23. The molecule has 3 rings (SSSR count). The van der Waals surface area contributed by atoms with E-state index in [1.165, 1.54) is 0 Å². The molecule has 1 aromatic carbocycles. The first-order chi connectivity index (χ1) is 9.20. The Bertz CT molecular complexity index is 649. The Hall–Kier alpha value is -2.06. The SMILES string of the molecule is CC(C1CCCO1)n1c(N)nc2ccc(C#N)cc21. The largest absolute Gasteiger partial charge is 0.376 e. The summed E-state index contributed by atoms with van der Waals surface area (Å²) < 4.78 is 7.71.